The largest absolute Gasteiger partial charge is 0.489 e. The van der Waals surface area contributed by atoms with Crippen LogP contribution < -0.4 is 10.1 Å². The molecule has 5 nitrogen and oxygen atoms in total. The van der Waals surface area contributed by atoms with E-state index >= 15 is 0 Å². The van der Waals surface area contributed by atoms with Crippen molar-refractivity contribution in [2.45, 2.75) is 53.2 Å². The van der Waals surface area contributed by atoms with Crippen LogP contribution >= 0.6 is 11.3 Å². The van der Waals surface area contributed by atoms with E-state index in [4.69, 9.17) is 14.1 Å². The molecule has 0 saturated heterocycles. The second-order valence-corrected chi connectivity index (χ2v) is 11.9. The topological polar surface area (TPSA) is 63.8 Å². The highest BCUT2D eigenvalue weighted by Crippen LogP contribution is 2.45. The Morgan fingerprint density at radius 1 is 1.13 bits per heavy atom. The van der Waals surface area contributed by atoms with Crippen LogP contribution in [0.1, 0.15) is 64.9 Å². The standard InChI is InChI=1S/C32H34N2O3S/c1-32(2,3)24-14-15-27-28(18-24)38-31(29(27)30(35)33-20-26-13-8-16-36-26)34-19-23-11-7-12-25(17-23)37-21-22-9-5-4-6-10-22/h4-13,16-17,19,24H,14-15,18,20-21H2,1-3H3,(H,33,35)/t24-/m0/s1. The van der Waals surface area contributed by atoms with Crippen molar-refractivity contribution >= 4 is 28.5 Å². The summed E-state index contributed by atoms with van der Waals surface area (Å²) in [6.45, 7) is 7.77. The lowest BCUT2D eigenvalue weighted by Gasteiger charge is -2.33. The summed E-state index contributed by atoms with van der Waals surface area (Å²) in [6, 6.07) is 21.7. The smallest absolute Gasteiger partial charge is 0.255 e. The third kappa shape index (κ3) is 6.25. The van der Waals surface area contributed by atoms with Crippen molar-refractivity contribution in [2.75, 3.05) is 0 Å². The molecule has 196 valence electrons. The van der Waals surface area contributed by atoms with Gasteiger partial charge < -0.3 is 14.5 Å². The van der Waals surface area contributed by atoms with Gasteiger partial charge in [-0.15, -0.1) is 11.3 Å². The van der Waals surface area contributed by atoms with Gasteiger partial charge >= 0.3 is 0 Å². The predicted molar refractivity (Wildman–Crippen MR) is 154 cm³/mol. The molecule has 1 amide bonds. The van der Waals surface area contributed by atoms with E-state index in [-0.39, 0.29) is 11.3 Å². The molecule has 0 bridgehead atoms. The van der Waals surface area contributed by atoms with Gasteiger partial charge in [-0.2, -0.15) is 0 Å². The molecule has 0 aliphatic heterocycles. The zero-order valence-electron chi connectivity index (χ0n) is 22.2. The highest BCUT2D eigenvalue weighted by molar-refractivity contribution is 7.16. The number of fused-ring (bicyclic) bond motifs is 1. The van der Waals surface area contributed by atoms with Gasteiger partial charge in [0.2, 0.25) is 0 Å². The first-order chi connectivity index (χ1) is 18.4. The molecule has 0 spiro atoms. The van der Waals surface area contributed by atoms with Gasteiger partial charge in [0.15, 0.2) is 0 Å². The van der Waals surface area contributed by atoms with Crippen LogP contribution in [-0.2, 0) is 26.0 Å². The fourth-order valence-electron chi connectivity index (χ4n) is 4.86. The summed E-state index contributed by atoms with van der Waals surface area (Å²) >= 11 is 1.65. The fraction of sp³-hybridized carbons (Fsp3) is 0.312. The Hall–Kier alpha value is -3.64. The molecule has 2 heterocycles. The number of hydrogen-bond acceptors (Lipinski definition) is 5. The molecule has 0 unspecified atom stereocenters. The monoisotopic (exact) mass is 526 g/mol. The van der Waals surface area contributed by atoms with E-state index in [0.29, 0.717) is 24.6 Å². The quantitative estimate of drug-likeness (QED) is 0.239. The maximum Gasteiger partial charge on any atom is 0.255 e. The van der Waals surface area contributed by atoms with Gasteiger partial charge in [0.05, 0.1) is 18.4 Å². The Morgan fingerprint density at radius 3 is 2.74 bits per heavy atom. The first kappa shape index (κ1) is 26.0. The molecule has 1 N–H and O–H groups in total. The van der Waals surface area contributed by atoms with Crippen molar-refractivity contribution < 1.29 is 13.9 Å². The third-order valence-corrected chi connectivity index (χ3v) is 8.30. The average Bonchev–Trinajstić information content (AvgIpc) is 3.57. The Balaban J connectivity index is 1.38. The summed E-state index contributed by atoms with van der Waals surface area (Å²) in [6.07, 6.45) is 6.41. The third-order valence-electron chi connectivity index (χ3n) is 7.14. The van der Waals surface area contributed by atoms with E-state index < -0.39 is 0 Å². The molecule has 0 saturated carbocycles. The van der Waals surface area contributed by atoms with Crippen molar-refractivity contribution in [3.63, 3.8) is 0 Å². The number of carbonyl (C=O) groups is 1. The Labute approximate surface area is 228 Å². The summed E-state index contributed by atoms with van der Waals surface area (Å²) in [5.41, 5.74) is 4.13. The SMILES string of the molecule is CC(C)(C)[C@H]1CCc2c(sc(N=Cc3cccc(OCc4ccccc4)c3)c2C(=O)NCc2ccco2)C1. The number of furan rings is 1. The van der Waals surface area contributed by atoms with E-state index in [1.807, 2.05) is 72.9 Å². The van der Waals surface area contributed by atoms with Crippen LogP contribution in [0.15, 0.2) is 82.4 Å². The van der Waals surface area contributed by atoms with E-state index in [1.165, 1.54) is 4.88 Å². The van der Waals surface area contributed by atoms with Crippen molar-refractivity contribution in [3.8, 4) is 5.75 Å². The second kappa shape index (κ2) is 11.4. The lowest BCUT2D eigenvalue weighted by Crippen LogP contribution is -2.28. The predicted octanol–water partition coefficient (Wildman–Crippen LogP) is 7.75. The maximum atomic E-state index is 13.4. The molecule has 1 atom stereocenters. The molecule has 1 aliphatic rings. The number of rotatable bonds is 8. The molecular weight excluding hydrogens is 492 g/mol. The first-order valence-corrected chi connectivity index (χ1v) is 13.9. The summed E-state index contributed by atoms with van der Waals surface area (Å²) < 4.78 is 11.4. The van der Waals surface area contributed by atoms with E-state index in [0.717, 1.165) is 52.5 Å². The number of hydrogen-bond donors (Lipinski definition) is 1. The number of amides is 1. The Kier molecular flexibility index (Phi) is 7.79. The second-order valence-electron chi connectivity index (χ2n) is 10.9. The number of thiophene rings is 1. The minimum absolute atomic E-state index is 0.0970. The average molecular weight is 527 g/mol. The summed E-state index contributed by atoms with van der Waals surface area (Å²) in [5, 5.41) is 3.80. The number of carbonyl (C=O) groups excluding carboxylic acids is 1. The van der Waals surface area contributed by atoms with Crippen LogP contribution in [0.25, 0.3) is 0 Å². The van der Waals surface area contributed by atoms with Gasteiger partial charge in [0.25, 0.3) is 5.91 Å². The van der Waals surface area contributed by atoms with E-state index in [1.54, 1.807) is 17.6 Å². The zero-order valence-corrected chi connectivity index (χ0v) is 23.0. The summed E-state index contributed by atoms with van der Waals surface area (Å²) in [7, 11) is 0. The first-order valence-electron chi connectivity index (χ1n) is 13.1. The zero-order chi connectivity index (χ0) is 26.5. The van der Waals surface area contributed by atoms with Gasteiger partial charge in [-0.05, 0) is 71.6 Å². The Bertz CT molecular complexity index is 1400. The van der Waals surface area contributed by atoms with Crippen LogP contribution in [0.5, 0.6) is 5.75 Å². The molecule has 38 heavy (non-hydrogen) atoms. The number of nitrogens with zero attached hydrogens (tertiary/aromatic N) is 1. The lowest BCUT2D eigenvalue weighted by atomic mass is 9.72. The minimum Gasteiger partial charge on any atom is -0.489 e. The lowest BCUT2D eigenvalue weighted by molar-refractivity contribution is 0.0947. The molecule has 0 fully saturated rings. The number of aliphatic imine (C=N–C) groups is 1. The van der Waals surface area contributed by atoms with Gasteiger partial charge in [0, 0.05) is 11.1 Å². The highest BCUT2D eigenvalue weighted by Gasteiger charge is 2.33. The molecule has 5 rings (SSSR count). The summed E-state index contributed by atoms with van der Waals surface area (Å²) in [5.74, 6) is 2.00. The highest BCUT2D eigenvalue weighted by atomic mass is 32.1. The fourth-order valence-corrected chi connectivity index (χ4v) is 6.13. The normalized spacial score (nSPS) is 15.4. The van der Waals surface area contributed by atoms with Crippen molar-refractivity contribution in [1.82, 2.24) is 5.32 Å². The van der Waals surface area contributed by atoms with E-state index in [2.05, 4.69) is 26.1 Å². The molecular formula is C32H34N2O3S. The van der Waals surface area contributed by atoms with Crippen molar-refractivity contribution in [1.29, 1.82) is 0 Å². The summed E-state index contributed by atoms with van der Waals surface area (Å²) in [4.78, 5) is 19.5. The molecule has 0 radical (unpaired) electrons. The molecule has 2 aromatic carbocycles. The van der Waals surface area contributed by atoms with Gasteiger partial charge in [0.1, 0.15) is 23.1 Å². The van der Waals surface area contributed by atoms with Crippen molar-refractivity contribution in [3.05, 3.63) is 106 Å². The molecule has 6 heteroatoms. The van der Waals surface area contributed by atoms with Crippen LogP contribution in [0, 0.1) is 11.3 Å². The number of nitrogens with one attached hydrogen (secondary N) is 1. The van der Waals surface area contributed by atoms with Gasteiger partial charge in [-0.25, -0.2) is 4.99 Å². The maximum absolute atomic E-state index is 13.4. The van der Waals surface area contributed by atoms with E-state index in [9.17, 15) is 4.79 Å². The van der Waals surface area contributed by atoms with Crippen molar-refractivity contribution in [2.24, 2.45) is 16.3 Å². The number of benzene rings is 2. The number of ether oxygens (including phenoxy) is 1. The molecule has 2 aromatic heterocycles. The van der Waals surface area contributed by atoms with Crippen LogP contribution in [0.4, 0.5) is 5.00 Å². The Morgan fingerprint density at radius 2 is 1.97 bits per heavy atom. The molecule has 1 aliphatic carbocycles. The van der Waals surface area contributed by atoms with Crippen LogP contribution in [-0.4, -0.2) is 12.1 Å². The van der Waals surface area contributed by atoms with Crippen LogP contribution in [0.3, 0.4) is 0 Å². The van der Waals surface area contributed by atoms with Gasteiger partial charge in [-0.1, -0.05) is 63.2 Å². The minimum atomic E-state index is -0.0970. The van der Waals surface area contributed by atoms with Gasteiger partial charge in [-0.3, -0.25) is 4.79 Å². The van der Waals surface area contributed by atoms with Crippen LogP contribution in [0.2, 0.25) is 0 Å². The molecule has 4 aromatic rings.